The lowest BCUT2D eigenvalue weighted by Crippen LogP contribution is -2.43. The molecule has 1 fully saturated rings. The number of piperidine rings is 1. The van der Waals surface area contributed by atoms with Crippen molar-refractivity contribution in [3.8, 4) is 0 Å². The first-order chi connectivity index (χ1) is 17.8. The van der Waals surface area contributed by atoms with Gasteiger partial charge in [0.1, 0.15) is 5.82 Å². The van der Waals surface area contributed by atoms with Gasteiger partial charge in [0.15, 0.2) is 5.78 Å². The van der Waals surface area contributed by atoms with Crippen LogP contribution in [0.4, 0.5) is 30.7 Å². The van der Waals surface area contributed by atoms with Crippen molar-refractivity contribution >= 4 is 5.78 Å². The minimum Gasteiger partial charge on any atom is -0.374 e. The van der Waals surface area contributed by atoms with Crippen LogP contribution in [0.15, 0.2) is 53.7 Å². The summed E-state index contributed by atoms with van der Waals surface area (Å²) in [7, 11) is 0. The van der Waals surface area contributed by atoms with Crippen LogP contribution < -0.4 is 0 Å². The van der Waals surface area contributed by atoms with E-state index in [0.29, 0.717) is 50.9 Å². The fourth-order valence-electron chi connectivity index (χ4n) is 5.37. The molecule has 0 bridgehead atoms. The van der Waals surface area contributed by atoms with Crippen LogP contribution in [0.25, 0.3) is 0 Å². The van der Waals surface area contributed by atoms with Gasteiger partial charge < -0.3 is 9.64 Å². The highest BCUT2D eigenvalue weighted by Crippen LogP contribution is 2.41. The Morgan fingerprint density at radius 3 is 2.13 bits per heavy atom. The molecule has 206 valence electrons. The van der Waals surface area contributed by atoms with Gasteiger partial charge in [-0.05, 0) is 67.6 Å². The fraction of sp³-hybridized carbons (Fsp3) is 0.464. The second-order valence-electron chi connectivity index (χ2n) is 9.75. The number of likely N-dealkylation sites (tertiary alicyclic amines) is 1. The van der Waals surface area contributed by atoms with Crippen molar-refractivity contribution in [3.05, 3.63) is 81.8 Å². The smallest absolute Gasteiger partial charge is 0.374 e. The number of rotatable bonds is 6. The van der Waals surface area contributed by atoms with Crippen LogP contribution in [-0.4, -0.2) is 29.9 Å². The van der Waals surface area contributed by atoms with Crippen molar-refractivity contribution in [2.75, 3.05) is 13.1 Å². The first-order valence-corrected chi connectivity index (χ1v) is 12.5. The van der Waals surface area contributed by atoms with E-state index in [9.17, 15) is 35.5 Å². The fourth-order valence-corrected chi connectivity index (χ4v) is 5.37. The first kappa shape index (κ1) is 28.1. The second-order valence-corrected chi connectivity index (χ2v) is 9.75. The van der Waals surface area contributed by atoms with Crippen LogP contribution in [0.2, 0.25) is 0 Å². The van der Waals surface area contributed by atoms with Crippen molar-refractivity contribution in [2.45, 2.75) is 70.0 Å². The third-order valence-corrected chi connectivity index (χ3v) is 7.31. The Labute approximate surface area is 216 Å². The van der Waals surface area contributed by atoms with Gasteiger partial charge in [-0.25, -0.2) is 4.39 Å². The van der Waals surface area contributed by atoms with Gasteiger partial charge in [-0.3, -0.25) is 4.79 Å². The van der Waals surface area contributed by atoms with Crippen LogP contribution in [0, 0.1) is 5.82 Å². The van der Waals surface area contributed by atoms with Gasteiger partial charge >= 0.3 is 12.4 Å². The van der Waals surface area contributed by atoms with E-state index in [2.05, 4.69) is 4.90 Å². The van der Waals surface area contributed by atoms with Crippen LogP contribution in [-0.2, 0) is 21.9 Å². The molecule has 3 atom stereocenters. The van der Waals surface area contributed by atoms with E-state index in [4.69, 9.17) is 4.74 Å². The number of ether oxygens (including phenoxy) is 1. The van der Waals surface area contributed by atoms with Crippen molar-refractivity contribution in [2.24, 2.45) is 0 Å². The third kappa shape index (κ3) is 6.06. The maximum atomic E-state index is 13.6. The largest absolute Gasteiger partial charge is 0.416 e. The molecular weight excluding hydrogens is 515 g/mol. The highest BCUT2D eigenvalue weighted by Gasteiger charge is 2.39. The lowest BCUT2D eigenvalue weighted by atomic mass is 9.87. The summed E-state index contributed by atoms with van der Waals surface area (Å²) < 4.78 is 100. The van der Waals surface area contributed by atoms with Crippen LogP contribution in [0.1, 0.15) is 73.8 Å². The highest BCUT2D eigenvalue weighted by molar-refractivity contribution is 5.98. The average Bonchev–Trinajstić information content (AvgIpc) is 3.23. The number of Topliss-reactive ketones (excluding diaryl/α,β-unsaturated/α-hetero) is 1. The molecule has 0 spiro atoms. The van der Waals surface area contributed by atoms with Crippen LogP contribution in [0.3, 0.4) is 0 Å². The average molecular weight is 544 g/mol. The normalized spacial score (nSPS) is 21.8. The molecule has 1 aliphatic carbocycles. The minimum atomic E-state index is -4.96. The van der Waals surface area contributed by atoms with E-state index in [0.717, 1.165) is 16.8 Å². The van der Waals surface area contributed by atoms with E-state index < -0.39 is 41.5 Å². The number of halogens is 7. The van der Waals surface area contributed by atoms with Gasteiger partial charge in [0, 0.05) is 36.7 Å². The molecule has 1 saturated heterocycles. The number of benzene rings is 2. The van der Waals surface area contributed by atoms with E-state index >= 15 is 0 Å². The summed E-state index contributed by atoms with van der Waals surface area (Å²) in [4.78, 5) is 14.4. The zero-order valence-corrected chi connectivity index (χ0v) is 20.9. The Balaban J connectivity index is 1.64. The molecule has 0 amide bonds. The number of nitrogens with zero attached hydrogens (tertiary/aromatic N) is 1. The molecule has 38 heavy (non-hydrogen) atoms. The molecule has 0 aromatic heterocycles. The van der Waals surface area contributed by atoms with Gasteiger partial charge in [-0.2, -0.15) is 26.3 Å². The summed E-state index contributed by atoms with van der Waals surface area (Å²) in [6.45, 7) is 4.28. The molecule has 3 nitrogen and oxygen atoms in total. The number of carbonyl (C=O) groups excluding carboxylic acids is 1. The van der Waals surface area contributed by atoms with E-state index in [1.54, 1.807) is 12.1 Å². The topological polar surface area (TPSA) is 29.5 Å². The molecule has 2 aliphatic rings. The summed E-state index contributed by atoms with van der Waals surface area (Å²) in [6, 6.07) is 7.27. The number of ketones is 1. The van der Waals surface area contributed by atoms with Crippen molar-refractivity contribution in [1.29, 1.82) is 0 Å². The maximum Gasteiger partial charge on any atom is 0.416 e. The Hall–Kier alpha value is -2.88. The van der Waals surface area contributed by atoms with Gasteiger partial charge in [-0.15, -0.1) is 0 Å². The van der Waals surface area contributed by atoms with E-state index in [1.165, 1.54) is 19.1 Å². The number of hydrogen-bond donors (Lipinski definition) is 0. The summed E-state index contributed by atoms with van der Waals surface area (Å²) in [6.07, 6.45) is -9.47. The van der Waals surface area contributed by atoms with Gasteiger partial charge in [0.05, 0.1) is 23.3 Å². The zero-order valence-electron chi connectivity index (χ0n) is 20.9. The maximum absolute atomic E-state index is 13.6. The molecule has 0 saturated carbocycles. The molecule has 2 aromatic carbocycles. The summed E-state index contributed by atoms with van der Waals surface area (Å²) in [5, 5.41) is 0. The van der Waals surface area contributed by atoms with Gasteiger partial charge in [0.2, 0.25) is 0 Å². The Morgan fingerprint density at radius 2 is 1.58 bits per heavy atom. The Kier molecular flexibility index (Phi) is 7.93. The van der Waals surface area contributed by atoms with Crippen LogP contribution >= 0.6 is 0 Å². The van der Waals surface area contributed by atoms with E-state index in [-0.39, 0.29) is 23.3 Å². The van der Waals surface area contributed by atoms with Crippen molar-refractivity contribution in [3.63, 3.8) is 0 Å². The lowest BCUT2D eigenvalue weighted by Gasteiger charge is -2.42. The van der Waals surface area contributed by atoms with E-state index in [1.807, 2.05) is 6.92 Å². The van der Waals surface area contributed by atoms with Gasteiger partial charge in [-0.1, -0.05) is 19.1 Å². The molecule has 2 aromatic rings. The minimum absolute atomic E-state index is 0.0952. The molecule has 0 radical (unpaired) electrons. The molecule has 0 N–H and O–H groups in total. The lowest BCUT2D eigenvalue weighted by molar-refractivity contribution is -0.143. The number of hydrogen-bond acceptors (Lipinski definition) is 3. The second kappa shape index (κ2) is 10.7. The Bertz CT molecular complexity index is 1170. The van der Waals surface area contributed by atoms with Gasteiger partial charge in [0.25, 0.3) is 0 Å². The summed E-state index contributed by atoms with van der Waals surface area (Å²) in [5.41, 5.74) is -0.552. The zero-order chi connectivity index (χ0) is 27.8. The predicted octanol–water partition coefficient (Wildman–Crippen LogP) is 7.83. The van der Waals surface area contributed by atoms with Crippen molar-refractivity contribution < 1.29 is 40.3 Å². The highest BCUT2D eigenvalue weighted by atomic mass is 19.4. The standard InChI is InChI=1S/C28H28F7NO2/c1-3-22-24(8-9-25(22)37)36-11-10-26(23(15-36)17-4-6-21(29)7-5-17)38-16(2)18-12-19(27(30,31)32)14-20(13-18)28(33,34)35/h4-7,12-14,16,23,26H,3,8-11,15H2,1-2H3/t16-,23-,26+/m1/s1. The molecule has 0 unspecified atom stereocenters. The monoisotopic (exact) mass is 543 g/mol. The molecule has 1 heterocycles. The van der Waals surface area contributed by atoms with Crippen LogP contribution in [0.5, 0.6) is 0 Å². The van der Waals surface area contributed by atoms with Crippen molar-refractivity contribution in [1.82, 2.24) is 4.90 Å². The summed E-state index contributed by atoms with van der Waals surface area (Å²) >= 11 is 0. The quantitative estimate of drug-likeness (QED) is 0.348. The molecule has 4 rings (SSSR count). The molecular formula is C28H28F7NO2. The number of alkyl halides is 6. The number of allylic oxidation sites excluding steroid dienone is 2. The third-order valence-electron chi connectivity index (χ3n) is 7.31. The first-order valence-electron chi connectivity index (χ1n) is 12.5. The number of carbonyl (C=O) groups is 1. The molecule has 10 heteroatoms. The SMILES string of the molecule is CCC1=C(N2CC[C@H](O[C@H](C)c3cc(C(F)(F)F)cc(C(F)(F)F)c3)[C@@H](c3ccc(F)cc3)C2)CCC1=O. The molecule has 1 aliphatic heterocycles. The predicted molar refractivity (Wildman–Crippen MR) is 127 cm³/mol. The Morgan fingerprint density at radius 1 is 0.974 bits per heavy atom. The summed E-state index contributed by atoms with van der Waals surface area (Å²) in [5.74, 6) is -0.674.